The van der Waals surface area contributed by atoms with Crippen molar-refractivity contribution < 1.29 is 22.3 Å². The number of halogens is 1. The smallest absolute Gasteiger partial charge is 0.264 e. The van der Waals surface area contributed by atoms with Crippen LogP contribution in [-0.2, 0) is 21.4 Å². The number of hydrazone groups is 1. The van der Waals surface area contributed by atoms with E-state index in [9.17, 15) is 17.6 Å². The molecule has 0 heterocycles. The van der Waals surface area contributed by atoms with Gasteiger partial charge < -0.3 is 4.74 Å². The van der Waals surface area contributed by atoms with Crippen LogP contribution in [0.1, 0.15) is 16.7 Å². The number of aryl methyl sites for hydroxylation is 1. The molecule has 1 amide bonds. The van der Waals surface area contributed by atoms with Crippen molar-refractivity contribution in [2.75, 3.05) is 10.8 Å². The van der Waals surface area contributed by atoms with Crippen molar-refractivity contribution in [3.05, 3.63) is 126 Å². The van der Waals surface area contributed by atoms with Gasteiger partial charge in [0.2, 0.25) is 0 Å². The number of anilines is 1. The Bertz CT molecular complexity index is 1510. The molecule has 4 aromatic rings. The molecule has 0 atom stereocenters. The summed E-state index contributed by atoms with van der Waals surface area (Å²) in [6, 6.07) is 28.1. The molecule has 38 heavy (non-hydrogen) atoms. The van der Waals surface area contributed by atoms with Crippen LogP contribution in [0, 0.1) is 12.7 Å². The second-order valence-corrected chi connectivity index (χ2v) is 10.3. The van der Waals surface area contributed by atoms with Crippen molar-refractivity contribution in [3.8, 4) is 5.75 Å². The third-order valence-electron chi connectivity index (χ3n) is 5.55. The molecule has 4 aromatic carbocycles. The molecule has 0 aliphatic carbocycles. The van der Waals surface area contributed by atoms with Crippen LogP contribution in [0.4, 0.5) is 10.1 Å². The zero-order chi connectivity index (χ0) is 27.0. The highest BCUT2D eigenvalue weighted by Crippen LogP contribution is 2.26. The molecular weight excluding hydrogens is 505 g/mol. The van der Waals surface area contributed by atoms with Crippen molar-refractivity contribution in [1.29, 1.82) is 0 Å². The highest BCUT2D eigenvalue weighted by molar-refractivity contribution is 7.92. The molecule has 9 heteroatoms. The van der Waals surface area contributed by atoms with Gasteiger partial charge in [0, 0.05) is 0 Å². The fraction of sp³-hybridized carbons (Fsp3) is 0.103. The topological polar surface area (TPSA) is 88.1 Å². The Labute approximate surface area is 221 Å². The molecule has 4 rings (SSSR count). The first kappa shape index (κ1) is 26.6. The molecule has 7 nitrogen and oxygen atoms in total. The van der Waals surface area contributed by atoms with E-state index in [0.29, 0.717) is 17.9 Å². The largest absolute Gasteiger partial charge is 0.489 e. The summed E-state index contributed by atoms with van der Waals surface area (Å²) in [5, 5.41) is 3.92. The summed E-state index contributed by atoms with van der Waals surface area (Å²) in [4.78, 5) is 12.6. The Hall–Kier alpha value is -4.50. The van der Waals surface area contributed by atoms with Crippen molar-refractivity contribution in [1.82, 2.24) is 5.43 Å². The number of para-hydroxylation sites is 1. The average molecular weight is 532 g/mol. The van der Waals surface area contributed by atoms with Crippen LogP contribution in [0.15, 0.2) is 113 Å². The van der Waals surface area contributed by atoms with Gasteiger partial charge in [0.1, 0.15) is 24.7 Å². The summed E-state index contributed by atoms with van der Waals surface area (Å²) in [6.45, 7) is 1.80. The van der Waals surface area contributed by atoms with Gasteiger partial charge >= 0.3 is 0 Å². The molecule has 0 saturated carbocycles. The standard InChI is InChI=1S/C29H26FN3O4S/c1-22-11-13-24(14-12-22)21-37-25-17-15-23(16-18-25)19-31-32-29(34)20-33(28-10-6-5-9-27(28)30)38(35,36)26-7-3-2-4-8-26/h2-19H,20-21H2,1H3,(H,32,34)/b31-19+. The van der Waals surface area contributed by atoms with Gasteiger partial charge in [-0.3, -0.25) is 9.10 Å². The maximum atomic E-state index is 14.5. The third-order valence-corrected chi connectivity index (χ3v) is 7.32. The monoisotopic (exact) mass is 531 g/mol. The first-order valence-electron chi connectivity index (χ1n) is 11.8. The lowest BCUT2D eigenvalue weighted by atomic mass is 10.2. The number of amides is 1. The molecule has 0 aliphatic rings. The van der Waals surface area contributed by atoms with Crippen molar-refractivity contribution in [2.24, 2.45) is 5.10 Å². The highest BCUT2D eigenvalue weighted by atomic mass is 32.2. The van der Waals surface area contributed by atoms with Gasteiger partial charge in [-0.05, 0) is 66.6 Å². The van der Waals surface area contributed by atoms with E-state index < -0.39 is 28.3 Å². The summed E-state index contributed by atoms with van der Waals surface area (Å²) >= 11 is 0. The number of hydrogen-bond donors (Lipinski definition) is 1. The first-order chi connectivity index (χ1) is 18.3. The number of benzene rings is 4. The second-order valence-electron chi connectivity index (χ2n) is 8.41. The summed E-state index contributed by atoms with van der Waals surface area (Å²) in [7, 11) is -4.21. The van der Waals surface area contributed by atoms with Gasteiger partial charge in [-0.2, -0.15) is 5.10 Å². The zero-order valence-electron chi connectivity index (χ0n) is 20.6. The SMILES string of the molecule is Cc1ccc(COc2ccc(/C=N/NC(=O)CN(c3ccccc3F)S(=O)(=O)c3ccccc3)cc2)cc1. The van der Waals surface area contributed by atoms with E-state index in [2.05, 4.69) is 10.5 Å². The molecule has 0 bridgehead atoms. The summed E-state index contributed by atoms with van der Waals surface area (Å²) < 4.78 is 47.5. The third kappa shape index (κ3) is 6.83. The second kappa shape index (κ2) is 12.2. The highest BCUT2D eigenvalue weighted by Gasteiger charge is 2.28. The number of sulfonamides is 1. The van der Waals surface area contributed by atoms with E-state index in [1.165, 1.54) is 42.1 Å². The van der Waals surface area contributed by atoms with Gasteiger partial charge in [-0.1, -0.05) is 60.2 Å². The Kier molecular flexibility index (Phi) is 8.50. The molecule has 0 aromatic heterocycles. The molecule has 1 N–H and O–H groups in total. The Balaban J connectivity index is 1.39. The number of ether oxygens (including phenoxy) is 1. The normalized spacial score (nSPS) is 11.3. The first-order valence-corrected chi connectivity index (χ1v) is 13.2. The van der Waals surface area contributed by atoms with Gasteiger partial charge in [-0.15, -0.1) is 0 Å². The molecule has 0 unspecified atom stereocenters. The molecule has 194 valence electrons. The minimum Gasteiger partial charge on any atom is -0.489 e. The van der Waals surface area contributed by atoms with E-state index in [-0.39, 0.29) is 10.6 Å². The van der Waals surface area contributed by atoms with E-state index in [1.807, 2.05) is 31.2 Å². The van der Waals surface area contributed by atoms with Crippen LogP contribution in [0.25, 0.3) is 0 Å². The maximum absolute atomic E-state index is 14.5. The van der Waals surface area contributed by atoms with Crippen LogP contribution >= 0.6 is 0 Å². The Morgan fingerprint density at radius 1 is 0.921 bits per heavy atom. The minimum absolute atomic E-state index is 0.0655. The lowest BCUT2D eigenvalue weighted by molar-refractivity contribution is -0.119. The molecule has 0 saturated heterocycles. The fourth-order valence-electron chi connectivity index (χ4n) is 3.52. The predicted molar refractivity (Wildman–Crippen MR) is 145 cm³/mol. The summed E-state index contributed by atoms with van der Waals surface area (Å²) in [5.74, 6) is -0.825. The molecule has 0 spiro atoms. The van der Waals surface area contributed by atoms with Crippen molar-refractivity contribution in [2.45, 2.75) is 18.4 Å². The van der Waals surface area contributed by atoms with Crippen LogP contribution in [0.2, 0.25) is 0 Å². The van der Waals surface area contributed by atoms with Crippen molar-refractivity contribution >= 4 is 27.8 Å². The van der Waals surface area contributed by atoms with Crippen LogP contribution in [-0.4, -0.2) is 27.1 Å². The van der Waals surface area contributed by atoms with Crippen molar-refractivity contribution in [3.63, 3.8) is 0 Å². The van der Waals surface area contributed by atoms with E-state index in [0.717, 1.165) is 15.9 Å². The lowest BCUT2D eigenvalue weighted by Gasteiger charge is -2.24. The Morgan fingerprint density at radius 2 is 1.58 bits per heavy atom. The maximum Gasteiger partial charge on any atom is 0.264 e. The zero-order valence-corrected chi connectivity index (χ0v) is 21.4. The van der Waals surface area contributed by atoms with E-state index >= 15 is 0 Å². The number of carbonyl (C=O) groups excluding carboxylic acids is 1. The minimum atomic E-state index is -4.21. The molecule has 0 aliphatic heterocycles. The van der Waals surface area contributed by atoms with Gasteiger partial charge in [-0.25, -0.2) is 18.2 Å². The number of nitrogens with zero attached hydrogens (tertiary/aromatic N) is 2. The van der Waals surface area contributed by atoms with Crippen LogP contribution in [0.3, 0.4) is 0 Å². The molecule has 0 fully saturated rings. The van der Waals surface area contributed by atoms with Crippen LogP contribution in [0.5, 0.6) is 5.75 Å². The Morgan fingerprint density at radius 3 is 2.26 bits per heavy atom. The number of hydrogen-bond acceptors (Lipinski definition) is 5. The number of carbonyl (C=O) groups is 1. The van der Waals surface area contributed by atoms with Crippen LogP contribution < -0.4 is 14.5 Å². The average Bonchev–Trinajstić information content (AvgIpc) is 2.93. The lowest BCUT2D eigenvalue weighted by Crippen LogP contribution is -2.40. The molecule has 0 radical (unpaired) electrons. The van der Waals surface area contributed by atoms with Gasteiger partial charge in [0.15, 0.2) is 0 Å². The number of rotatable bonds is 10. The van der Waals surface area contributed by atoms with Gasteiger partial charge in [0.05, 0.1) is 16.8 Å². The van der Waals surface area contributed by atoms with E-state index in [4.69, 9.17) is 4.74 Å². The van der Waals surface area contributed by atoms with Gasteiger partial charge in [0.25, 0.3) is 15.9 Å². The summed E-state index contributed by atoms with van der Waals surface area (Å²) in [5.41, 5.74) is 5.00. The quantitative estimate of drug-likeness (QED) is 0.229. The number of nitrogens with one attached hydrogen (secondary N) is 1. The molecular formula is C29H26FN3O4S. The predicted octanol–water partition coefficient (Wildman–Crippen LogP) is 5.06. The fourth-order valence-corrected chi connectivity index (χ4v) is 4.97. The summed E-state index contributed by atoms with van der Waals surface area (Å²) in [6.07, 6.45) is 1.42. The van der Waals surface area contributed by atoms with E-state index in [1.54, 1.807) is 42.5 Å².